The maximum atomic E-state index is 12.5. The normalized spacial score (nSPS) is 11.0. The van der Waals surface area contributed by atoms with Crippen LogP contribution in [0.5, 0.6) is 5.75 Å². The van der Waals surface area contributed by atoms with Gasteiger partial charge in [0.2, 0.25) is 0 Å². The largest absolute Gasteiger partial charge is 0.492 e. The summed E-state index contributed by atoms with van der Waals surface area (Å²) in [7, 11) is -3.68. The van der Waals surface area contributed by atoms with E-state index >= 15 is 0 Å². The highest BCUT2D eigenvalue weighted by atomic mass is 32.2. The van der Waals surface area contributed by atoms with Crippen molar-refractivity contribution in [1.82, 2.24) is 5.32 Å². The van der Waals surface area contributed by atoms with Crippen molar-refractivity contribution in [2.45, 2.75) is 18.7 Å². The third-order valence-electron chi connectivity index (χ3n) is 4.46. The summed E-state index contributed by atoms with van der Waals surface area (Å²) in [6.07, 6.45) is 0. The number of amides is 1. The number of rotatable bonds is 8. The van der Waals surface area contributed by atoms with Gasteiger partial charge in [0.1, 0.15) is 12.4 Å². The molecular weight excluding hydrogens is 400 g/mol. The number of nitrogens with one attached hydrogen (secondary N) is 2. The minimum absolute atomic E-state index is 0.180. The van der Waals surface area contributed by atoms with Gasteiger partial charge in [-0.15, -0.1) is 0 Å². The molecule has 0 heterocycles. The molecule has 0 unspecified atom stereocenters. The zero-order chi connectivity index (χ0) is 21.6. The maximum absolute atomic E-state index is 12.5. The number of hydrogen-bond donors (Lipinski definition) is 2. The van der Waals surface area contributed by atoms with Gasteiger partial charge in [-0.1, -0.05) is 35.9 Å². The fraction of sp³-hybridized carbons (Fsp3) is 0.174. The van der Waals surface area contributed by atoms with Gasteiger partial charge in [0, 0.05) is 5.56 Å². The molecule has 156 valence electrons. The van der Waals surface area contributed by atoms with Gasteiger partial charge in [0.05, 0.1) is 17.1 Å². The molecule has 3 rings (SSSR count). The van der Waals surface area contributed by atoms with Gasteiger partial charge in [-0.2, -0.15) is 0 Å². The predicted molar refractivity (Wildman–Crippen MR) is 117 cm³/mol. The summed E-state index contributed by atoms with van der Waals surface area (Å²) in [5.41, 5.74) is 2.68. The summed E-state index contributed by atoms with van der Waals surface area (Å²) in [5, 5.41) is 2.80. The van der Waals surface area contributed by atoms with E-state index in [9.17, 15) is 13.2 Å². The monoisotopic (exact) mass is 424 g/mol. The second-order valence-electron chi connectivity index (χ2n) is 6.87. The number of anilines is 1. The Morgan fingerprint density at radius 3 is 2.30 bits per heavy atom. The van der Waals surface area contributed by atoms with E-state index in [1.807, 2.05) is 31.2 Å². The van der Waals surface area contributed by atoms with Crippen molar-refractivity contribution < 1.29 is 17.9 Å². The Morgan fingerprint density at radius 1 is 0.933 bits per heavy atom. The van der Waals surface area contributed by atoms with Crippen LogP contribution in [0.25, 0.3) is 0 Å². The number of hydrogen-bond acceptors (Lipinski definition) is 4. The smallest absolute Gasteiger partial charge is 0.261 e. The minimum Gasteiger partial charge on any atom is -0.492 e. The second-order valence-corrected chi connectivity index (χ2v) is 8.55. The highest BCUT2D eigenvalue weighted by Gasteiger charge is 2.15. The zero-order valence-corrected chi connectivity index (χ0v) is 17.7. The van der Waals surface area contributed by atoms with E-state index in [0.717, 1.165) is 11.3 Å². The molecule has 0 radical (unpaired) electrons. The molecule has 2 N–H and O–H groups in total. The average Bonchev–Trinajstić information content (AvgIpc) is 2.74. The first kappa shape index (κ1) is 21.4. The van der Waals surface area contributed by atoms with Crippen LogP contribution in [-0.4, -0.2) is 27.5 Å². The van der Waals surface area contributed by atoms with E-state index < -0.39 is 10.0 Å². The fourth-order valence-corrected chi connectivity index (χ4v) is 3.94. The molecule has 0 bridgehead atoms. The molecule has 0 aliphatic heterocycles. The van der Waals surface area contributed by atoms with Crippen LogP contribution in [0.4, 0.5) is 5.69 Å². The molecule has 0 saturated carbocycles. The molecule has 3 aromatic rings. The van der Waals surface area contributed by atoms with Gasteiger partial charge in [-0.25, -0.2) is 8.42 Å². The number of ether oxygens (including phenoxy) is 1. The minimum atomic E-state index is -3.68. The third-order valence-corrected chi connectivity index (χ3v) is 5.85. The van der Waals surface area contributed by atoms with Crippen LogP contribution >= 0.6 is 0 Å². The van der Waals surface area contributed by atoms with Crippen molar-refractivity contribution in [3.63, 3.8) is 0 Å². The Balaban J connectivity index is 1.56. The SMILES string of the molecule is Cc1ccc(OCCNC(=O)c2ccc(NS(=O)(=O)c3ccccc3)c(C)c2)cc1. The molecule has 0 saturated heterocycles. The first-order chi connectivity index (χ1) is 14.3. The first-order valence-electron chi connectivity index (χ1n) is 9.51. The second kappa shape index (κ2) is 9.45. The molecule has 1 amide bonds. The van der Waals surface area contributed by atoms with Gasteiger partial charge in [-0.3, -0.25) is 9.52 Å². The summed E-state index contributed by atoms with van der Waals surface area (Å²) < 4.78 is 33.1. The number of sulfonamides is 1. The molecule has 0 atom stereocenters. The van der Waals surface area contributed by atoms with Crippen molar-refractivity contribution in [3.05, 3.63) is 89.5 Å². The van der Waals surface area contributed by atoms with Gasteiger partial charge in [-0.05, 0) is 61.9 Å². The number of carbonyl (C=O) groups excluding carboxylic acids is 1. The summed E-state index contributed by atoms with van der Waals surface area (Å²) in [6.45, 7) is 4.46. The lowest BCUT2D eigenvalue weighted by atomic mass is 10.1. The Morgan fingerprint density at radius 2 is 1.63 bits per heavy atom. The third kappa shape index (κ3) is 5.61. The quantitative estimate of drug-likeness (QED) is 0.537. The molecular formula is C23H24N2O4S. The van der Waals surface area contributed by atoms with Crippen LogP contribution in [0.3, 0.4) is 0 Å². The number of benzene rings is 3. The molecule has 0 fully saturated rings. The number of aryl methyl sites for hydroxylation is 2. The van der Waals surface area contributed by atoms with E-state index in [1.54, 1.807) is 43.3 Å². The fourth-order valence-electron chi connectivity index (χ4n) is 2.79. The Hall–Kier alpha value is -3.32. The van der Waals surface area contributed by atoms with Crippen LogP contribution in [0, 0.1) is 13.8 Å². The summed E-state index contributed by atoms with van der Waals surface area (Å²) in [4.78, 5) is 12.5. The van der Waals surface area contributed by atoms with Crippen molar-refractivity contribution in [1.29, 1.82) is 0 Å². The summed E-state index contributed by atoms with van der Waals surface area (Å²) >= 11 is 0. The molecule has 0 aromatic heterocycles. The van der Waals surface area contributed by atoms with Crippen LogP contribution < -0.4 is 14.8 Å². The number of carbonyl (C=O) groups is 1. The van der Waals surface area contributed by atoms with Gasteiger partial charge >= 0.3 is 0 Å². The standard InChI is InChI=1S/C23H24N2O4S/c1-17-8-11-20(12-9-17)29-15-14-24-23(26)19-10-13-22(18(2)16-19)25-30(27,28)21-6-4-3-5-7-21/h3-13,16,25H,14-15H2,1-2H3,(H,24,26). The lowest BCUT2D eigenvalue weighted by Crippen LogP contribution is -2.28. The highest BCUT2D eigenvalue weighted by molar-refractivity contribution is 7.92. The topological polar surface area (TPSA) is 84.5 Å². The van der Waals surface area contributed by atoms with E-state index in [1.165, 1.54) is 12.1 Å². The Bertz CT molecular complexity index is 1110. The lowest BCUT2D eigenvalue weighted by Gasteiger charge is -2.12. The molecule has 7 heteroatoms. The van der Waals surface area contributed by atoms with Gasteiger partial charge in [0.15, 0.2) is 0 Å². The Labute approximate surface area is 177 Å². The average molecular weight is 425 g/mol. The van der Waals surface area contributed by atoms with E-state index in [-0.39, 0.29) is 10.8 Å². The van der Waals surface area contributed by atoms with Crippen LogP contribution in [-0.2, 0) is 10.0 Å². The van der Waals surface area contributed by atoms with Crippen LogP contribution in [0.1, 0.15) is 21.5 Å². The zero-order valence-electron chi connectivity index (χ0n) is 16.9. The van der Waals surface area contributed by atoms with Gasteiger partial charge in [0.25, 0.3) is 15.9 Å². The van der Waals surface area contributed by atoms with Gasteiger partial charge < -0.3 is 10.1 Å². The summed E-state index contributed by atoms with van der Waals surface area (Å²) in [5.74, 6) is 0.504. The van der Waals surface area contributed by atoms with E-state index in [4.69, 9.17) is 4.74 Å². The summed E-state index contributed by atoms with van der Waals surface area (Å²) in [6, 6.07) is 20.7. The van der Waals surface area contributed by atoms with Crippen LogP contribution in [0.15, 0.2) is 77.7 Å². The van der Waals surface area contributed by atoms with Crippen LogP contribution in [0.2, 0.25) is 0 Å². The molecule has 0 spiro atoms. The van der Waals surface area contributed by atoms with Crippen molar-refractivity contribution in [3.8, 4) is 5.75 Å². The first-order valence-corrected chi connectivity index (χ1v) is 11.0. The molecule has 6 nitrogen and oxygen atoms in total. The molecule has 30 heavy (non-hydrogen) atoms. The maximum Gasteiger partial charge on any atom is 0.261 e. The van der Waals surface area contributed by atoms with Crippen molar-refractivity contribution in [2.75, 3.05) is 17.9 Å². The van der Waals surface area contributed by atoms with E-state index in [2.05, 4.69) is 10.0 Å². The van der Waals surface area contributed by atoms with Crippen molar-refractivity contribution >= 4 is 21.6 Å². The lowest BCUT2D eigenvalue weighted by molar-refractivity contribution is 0.0947. The highest BCUT2D eigenvalue weighted by Crippen LogP contribution is 2.21. The molecule has 3 aromatic carbocycles. The van der Waals surface area contributed by atoms with E-state index in [0.29, 0.717) is 30.0 Å². The molecule has 0 aliphatic carbocycles. The molecule has 0 aliphatic rings. The van der Waals surface area contributed by atoms with Crippen molar-refractivity contribution in [2.24, 2.45) is 0 Å². The predicted octanol–water partition coefficient (Wildman–Crippen LogP) is 3.91. The Kier molecular flexibility index (Phi) is 6.74.